The van der Waals surface area contributed by atoms with Crippen LogP contribution in [0.15, 0.2) is 0 Å². The predicted molar refractivity (Wildman–Crippen MR) is 72.1 cm³/mol. The third-order valence-corrected chi connectivity index (χ3v) is 6.66. The second kappa shape index (κ2) is 4.21. The van der Waals surface area contributed by atoms with Gasteiger partial charge in [-0.2, -0.15) is 0 Å². The van der Waals surface area contributed by atoms with Crippen molar-refractivity contribution in [2.24, 2.45) is 23.7 Å². The van der Waals surface area contributed by atoms with E-state index in [4.69, 9.17) is 0 Å². The summed E-state index contributed by atoms with van der Waals surface area (Å²) in [5.74, 6) is 1.97. The van der Waals surface area contributed by atoms with Crippen LogP contribution in [-0.4, -0.2) is 21.4 Å². The lowest BCUT2D eigenvalue weighted by atomic mass is 9.48. The van der Waals surface area contributed by atoms with E-state index in [2.05, 4.69) is 0 Å². The fourth-order valence-electron chi connectivity index (χ4n) is 5.49. The summed E-state index contributed by atoms with van der Waals surface area (Å²) < 4.78 is 0. The Balaban J connectivity index is 1.98. The van der Waals surface area contributed by atoms with Gasteiger partial charge in [-0.15, -0.1) is 0 Å². The lowest BCUT2D eigenvalue weighted by Gasteiger charge is -2.61. The van der Waals surface area contributed by atoms with Crippen LogP contribution in [0.3, 0.4) is 0 Å². The van der Waals surface area contributed by atoms with E-state index in [1.807, 2.05) is 13.8 Å². The number of hydrogen-bond acceptors (Lipinski definition) is 2. The van der Waals surface area contributed by atoms with Crippen molar-refractivity contribution in [2.45, 2.75) is 76.4 Å². The third-order valence-electron chi connectivity index (χ3n) is 6.66. The Bertz CT molecular complexity index is 289. The smallest absolute Gasteiger partial charge is 0.0936 e. The van der Waals surface area contributed by atoms with Gasteiger partial charge in [0.2, 0.25) is 0 Å². The van der Waals surface area contributed by atoms with Crippen LogP contribution < -0.4 is 0 Å². The Labute approximate surface area is 111 Å². The van der Waals surface area contributed by atoms with Crippen LogP contribution in [0.5, 0.6) is 0 Å². The van der Waals surface area contributed by atoms with Crippen molar-refractivity contribution in [3.63, 3.8) is 0 Å². The maximum atomic E-state index is 11.0. The number of fused-ring (bicyclic) bond motifs is 3. The lowest BCUT2D eigenvalue weighted by molar-refractivity contribution is -0.256. The normalized spacial score (nSPS) is 56.7. The molecule has 3 fully saturated rings. The van der Waals surface area contributed by atoms with Crippen LogP contribution in [0.1, 0.15) is 65.2 Å². The van der Waals surface area contributed by atoms with Crippen LogP contribution in [0, 0.1) is 23.7 Å². The molecule has 6 atom stereocenters. The van der Waals surface area contributed by atoms with Gasteiger partial charge in [-0.3, -0.25) is 0 Å². The van der Waals surface area contributed by atoms with Crippen LogP contribution in [0.4, 0.5) is 0 Å². The molecule has 0 aromatic carbocycles. The standard InChI is InChI=1S/C16H28O2/c1-15(17)13-9-5-3-7-11(13)12-8-4-6-10-14(12)16(15,2)18/h11-14,17-18H,3-10H2,1-2H3/t11-,12+,13-,14+,15-,16-/m1/s1. The maximum absolute atomic E-state index is 11.0. The van der Waals surface area contributed by atoms with Crippen molar-refractivity contribution in [1.82, 2.24) is 0 Å². The molecule has 0 heterocycles. The molecule has 0 aromatic rings. The van der Waals surface area contributed by atoms with E-state index in [1.165, 1.54) is 38.5 Å². The second-order valence-corrected chi connectivity index (χ2v) is 7.40. The molecule has 2 nitrogen and oxygen atoms in total. The van der Waals surface area contributed by atoms with E-state index in [9.17, 15) is 10.2 Å². The Morgan fingerprint density at radius 1 is 0.667 bits per heavy atom. The summed E-state index contributed by atoms with van der Waals surface area (Å²) in [6.45, 7) is 3.81. The fraction of sp³-hybridized carbons (Fsp3) is 1.00. The first-order chi connectivity index (χ1) is 8.46. The van der Waals surface area contributed by atoms with E-state index < -0.39 is 11.2 Å². The van der Waals surface area contributed by atoms with Gasteiger partial charge >= 0.3 is 0 Å². The minimum Gasteiger partial charge on any atom is -0.387 e. The van der Waals surface area contributed by atoms with Crippen molar-refractivity contribution < 1.29 is 10.2 Å². The molecule has 0 amide bonds. The van der Waals surface area contributed by atoms with Gasteiger partial charge in [0.1, 0.15) is 0 Å². The molecule has 104 valence electrons. The van der Waals surface area contributed by atoms with Gasteiger partial charge in [-0.1, -0.05) is 25.7 Å². The summed E-state index contributed by atoms with van der Waals surface area (Å²) in [6.07, 6.45) is 9.87. The first-order valence-corrected chi connectivity index (χ1v) is 7.91. The topological polar surface area (TPSA) is 40.5 Å². The summed E-state index contributed by atoms with van der Waals surface area (Å²) >= 11 is 0. The summed E-state index contributed by atoms with van der Waals surface area (Å²) in [6, 6.07) is 0. The van der Waals surface area contributed by atoms with Crippen molar-refractivity contribution in [3.05, 3.63) is 0 Å². The van der Waals surface area contributed by atoms with Crippen LogP contribution in [0.2, 0.25) is 0 Å². The van der Waals surface area contributed by atoms with E-state index in [1.54, 1.807) is 0 Å². The quantitative estimate of drug-likeness (QED) is 0.695. The molecule has 3 saturated carbocycles. The molecule has 0 saturated heterocycles. The van der Waals surface area contributed by atoms with Crippen molar-refractivity contribution in [1.29, 1.82) is 0 Å². The Morgan fingerprint density at radius 2 is 1.00 bits per heavy atom. The van der Waals surface area contributed by atoms with Crippen LogP contribution in [0.25, 0.3) is 0 Å². The van der Waals surface area contributed by atoms with Gasteiger partial charge in [-0.05, 0) is 63.2 Å². The lowest BCUT2D eigenvalue weighted by Crippen LogP contribution is -2.68. The zero-order valence-electron chi connectivity index (χ0n) is 11.9. The summed E-state index contributed by atoms with van der Waals surface area (Å²) in [7, 11) is 0. The molecule has 3 rings (SSSR count). The number of rotatable bonds is 0. The van der Waals surface area contributed by atoms with E-state index in [0.717, 1.165) is 12.8 Å². The van der Waals surface area contributed by atoms with Gasteiger partial charge in [0, 0.05) is 0 Å². The van der Waals surface area contributed by atoms with Gasteiger partial charge in [0.25, 0.3) is 0 Å². The maximum Gasteiger partial charge on any atom is 0.0936 e. The van der Waals surface area contributed by atoms with Gasteiger partial charge < -0.3 is 10.2 Å². The van der Waals surface area contributed by atoms with Crippen molar-refractivity contribution in [3.8, 4) is 0 Å². The summed E-state index contributed by atoms with van der Waals surface area (Å²) in [5, 5.41) is 22.0. The van der Waals surface area contributed by atoms with Crippen LogP contribution in [-0.2, 0) is 0 Å². The van der Waals surface area contributed by atoms with Gasteiger partial charge in [0.15, 0.2) is 0 Å². The highest BCUT2D eigenvalue weighted by molar-refractivity contribution is 5.12. The van der Waals surface area contributed by atoms with E-state index in [-0.39, 0.29) is 0 Å². The highest BCUT2D eigenvalue weighted by Gasteiger charge is 2.61. The van der Waals surface area contributed by atoms with Crippen molar-refractivity contribution >= 4 is 0 Å². The summed E-state index contributed by atoms with van der Waals surface area (Å²) in [4.78, 5) is 0. The van der Waals surface area contributed by atoms with Gasteiger partial charge in [0.05, 0.1) is 11.2 Å². The first kappa shape index (κ1) is 12.9. The highest BCUT2D eigenvalue weighted by atomic mass is 16.4. The molecule has 2 heteroatoms. The molecule has 3 aliphatic carbocycles. The zero-order valence-corrected chi connectivity index (χ0v) is 11.9. The molecule has 0 aromatic heterocycles. The molecule has 0 radical (unpaired) electrons. The monoisotopic (exact) mass is 252 g/mol. The second-order valence-electron chi connectivity index (χ2n) is 7.40. The first-order valence-electron chi connectivity index (χ1n) is 7.91. The van der Waals surface area contributed by atoms with E-state index in [0.29, 0.717) is 23.7 Å². The number of hydrogen-bond donors (Lipinski definition) is 2. The average molecular weight is 252 g/mol. The largest absolute Gasteiger partial charge is 0.387 e. The Hall–Kier alpha value is -0.0800. The van der Waals surface area contributed by atoms with Crippen LogP contribution >= 0.6 is 0 Å². The molecular weight excluding hydrogens is 224 g/mol. The molecule has 0 bridgehead atoms. The third kappa shape index (κ3) is 1.61. The number of aliphatic hydroxyl groups is 2. The minimum absolute atomic E-state index is 0.320. The van der Waals surface area contributed by atoms with Crippen molar-refractivity contribution in [2.75, 3.05) is 0 Å². The van der Waals surface area contributed by atoms with E-state index >= 15 is 0 Å². The molecule has 18 heavy (non-hydrogen) atoms. The average Bonchev–Trinajstić information content (AvgIpc) is 2.37. The summed E-state index contributed by atoms with van der Waals surface area (Å²) in [5.41, 5.74) is -1.78. The molecule has 2 N–H and O–H groups in total. The predicted octanol–water partition coefficient (Wildman–Crippen LogP) is 3.11. The SMILES string of the molecule is C[C@@]1(O)[C@@H]2CCCC[C@@H]2[C@@H]2CCCC[C@@H]2[C@@]1(C)O. The molecule has 3 aliphatic rings. The zero-order chi connectivity index (χ0) is 13.0. The minimum atomic E-state index is -0.892. The molecule has 0 spiro atoms. The Kier molecular flexibility index (Phi) is 3.02. The molecular formula is C16H28O2. The fourth-order valence-corrected chi connectivity index (χ4v) is 5.49. The molecule has 0 aliphatic heterocycles. The molecule has 0 unspecified atom stereocenters. The highest BCUT2D eigenvalue weighted by Crippen LogP contribution is 2.58. The van der Waals surface area contributed by atoms with Gasteiger partial charge in [-0.25, -0.2) is 0 Å². The Morgan fingerprint density at radius 3 is 1.39 bits per heavy atom.